The van der Waals surface area contributed by atoms with Crippen LogP contribution in [-0.2, 0) is 10.0 Å². The van der Waals surface area contributed by atoms with Crippen LogP contribution in [0.2, 0.25) is 0 Å². The van der Waals surface area contributed by atoms with E-state index in [-0.39, 0.29) is 28.8 Å². The van der Waals surface area contributed by atoms with Crippen LogP contribution in [0.3, 0.4) is 0 Å². The lowest BCUT2D eigenvalue weighted by Crippen LogP contribution is -2.22. The highest BCUT2D eigenvalue weighted by atomic mass is 35.5. The van der Waals surface area contributed by atoms with Crippen molar-refractivity contribution in [2.24, 2.45) is 5.92 Å². The second-order valence-electron chi connectivity index (χ2n) is 4.03. The molecule has 1 rings (SSSR count). The molecule has 1 aromatic carbocycles. The number of hydrogen-bond acceptors (Lipinski definition) is 3. The van der Waals surface area contributed by atoms with E-state index in [1.165, 1.54) is 24.3 Å². The van der Waals surface area contributed by atoms with Crippen molar-refractivity contribution in [1.29, 1.82) is 0 Å². The van der Waals surface area contributed by atoms with Crippen LogP contribution in [0.4, 0.5) is 5.69 Å². The second kappa shape index (κ2) is 6.06. The van der Waals surface area contributed by atoms with Crippen molar-refractivity contribution in [3.05, 3.63) is 29.8 Å². The first-order valence-corrected chi connectivity index (χ1v) is 7.42. The molecule has 7 heteroatoms. The fraction of sp³-hybridized carbons (Fsp3) is 0.364. The number of alkyl halides is 1. The van der Waals surface area contributed by atoms with Crippen molar-refractivity contribution in [3.63, 3.8) is 0 Å². The summed E-state index contributed by atoms with van der Waals surface area (Å²) < 4.78 is 25.8. The number of nitrogens with one attached hydrogen (secondary N) is 1. The molecule has 0 bridgehead atoms. The number of carboxylic acids is 1. The van der Waals surface area contributed by atoms with Gasteiger partial charge in [0.25, 0.3) is 0 Å². The lowest BCUT2D eigenvalue weighted by molar-refractivity contribution is 0.0697. The molecular weight excluding hydrogens is 278 g/mol. The molecule has 0 saturated heterocycles. The van der Waals surface area contributed by atoms with Gasteiger partial charge in [0.2, 0.25) is 10.0 Å². The molecule has 0 saturated carbocycles. The monoisotopic (exact) mass is 291 g/mol. The summed E-state index contributed by atoms with van der Waals surface area (Å²) >= 11 is 5.56. The van der Waals surface area contributed by atoms with Gasteiger partial charge in [0.1, 0.15) is 0 Å². The molecule has 5 nitrogen and oxygen atoms in total. The zero-order chi connectivity index (χ0) is 13.8. The molecule has 18 heavy (non-hydrogen) atoms. The number of halogens is 1. The highest BCUT2D eigenvalue weighted by Crippen LogP contribution is 2.14. The van der Waals surface area contributed by atoms with Crippen LogP contribution >= 0.6 is 11.6 Å². The Labute approximate surface area is 111 Å². The summed E-state index contributed by atoms with van der Waals surface area (Å²) in [5.41, 5.74) is 0.261. The smallest absolute Gasteiger partial charge is 0.335 e. The Bertz CT molecular complexity index is 530. The topological polar surface area (TPSA) is 83.5 Å². The van der Waals surface area contributed by atoms with Crippen LogP contribution in [-0.4, -0.2) is 31.1 Å². The van der Waals surface area contributed by atoms with Crippen LogP contribution in [0.15, 0.2) is 24.3 Å². The van der Waals surface area contributed by atoms with Crippen molar-refractivity contribution in [2.75, 3.05) is 16.4 Å². The fourth-order valence-electron chi connectivity index (χ4n) is 1.36. The summed E-state index contributed by atoms with van der Waals surface area (Å²) in [4.78, 5) is 10.7. The van der Waals surface area contributed by atoms with Gasteiger partial charge in [-0.1, -0.05) is 13.0 Å². The van der Waals surface area contributed by atoms with Gasteiger partial charge in [-0.15, -0.1) is 11.6 Å². The first-order valence-electron chi connectivity index (χ1n) is 5.24. The van der Waals surface area contributed by atoms with Gasteiger partial charge in [-0.3, -0.25) is 4.72 Å². The fourth-order valence-corrected chi connectivity index (χ4v) is 3.03. The Morgan fingerprint density at radius 1 is 1.50 bits per heavy atom. The Kier molecular flexibility index (Phi) is 4.98. The second-order valence-corrected chi connectivity index (χ2v) is 6.10. The van der Waals surface area contributed by atoms with E-state index in [0.717, 1.165) is 0 Å². The zero-order valence-electron chi connectivity index (χ0n) is 9.76. The summed E-state index contributed by atoms with van der Waals surface area (Å²) in [7, 11) is -3.52. The number of hydrogen-bond donors (Lipinski definition) is 2. The largest absolute Gasteiger partial charge is 0.478 e. The molecule has 1 unspecified atom stereocenters. The third-order valence-corrected chi connectivity index (χ3v) is 4.23. The van der Waals surface area contributed by atoms with Gasteiger partial charge in [-0.25, -0.2) is 13.2 Å². The molecule has 0 aliphatic heterocycles. The Hall–Kier alpha value is -1.27. The number of rotatable bonds is 6. The predicted octanol–water partition coefficient (Wildman–Crippen LogP) is 2.00. The van der Waals surface area contributed by atoms with E-state index in [4.69, 9.17) is 16.7 Å². The number of carboxylic acid groups (broad SMARTS) is 1. The molecule has 0 aliphatic rings. The van der Waals surface area contributed by atoms with Crippen LogP contribution in [0.25, 0.3) is 0 Å². The van der Waals surface area contributed by atoms with Crippen molar-refractivity contribution in [2.45, 2.75) is 6.92 Å². The minimum Gasteiger partial charge on any atom is -0.478 e. The Balaban J connectivity index is 2.84. The number of sulfonamides is 1. The van der Waals surface area contributed by atoms with Gasteiger partial charge >= 0.3 is 5.97 Å². The minimum atomic E-state index is -3.52. The SMILES string of the molecule is CC(CCl)CS(=O)(=O)Nc1cccc(C(=O)O)c1. The van der Waals surface area contributed by atoms with Gasteiger partial charge in [0.05, 0.1) is 11.3 Å². The number of carbonyl (C=O) groups is 1. The molecule has 0 aliphatic carbocycles. The highest BCUT2D eigenvalue weighted by molar-refractivity contribution is 7.92. The maximum Gasteiger partial charge on any atom is 0.335 e. The van der Waals surface area contributed by atoms with Crippen molar-refractivity contribution < 1.29 is 18.3 Å². The normalized spacial score (nSPS) is 13.0. The van der Waals surface area contributed by atoms with E-state index in [0.29, 0.717) is 0 Å². The molecule has 100 valence electrons. The Morgan fingerprint density at radius 2 is 2.17 bits per heavy atom. The molecule has 1 aromatic rings. The first kappa shape index (κ1) is 14.8. The van der Waals surface area contributed by atoms with E-state index >= 15 is 0 Å². The van der Waals surface area contributed by atoms with E-state index in [2.05, 4.69) is 4.72 Å². The Morgan fingerprint density at radius 3 is 2.72 bits per heavy atom. The quantitative estimate of drug-likeness (QED) is 0.785. The highest BCUT2D eigenvalue weighted by Gasteiger charge is 2.15. The third kappa shape index (κ3) is 4.54. The zero-order valence-corrected chi connectivity index (χ0v) is 11.3. The van der Waals surface area contributed by atoms with Gasteiger partial charge in [-0.2, -0.15) is 0 Å². The van der Waals surface area contributed by atoms with Gasteiger partial charge < -0.3 is 5.11 Å². The molecular formula is C11H14ClNO4S. The molecule has 0 heterocycles. The van der Waals surface area contributed by atoms with Crippen LogP contribution in [0, 0.1) is 5.92 Å². The van der Waals surface area contributed by atoms with E-state index < -0.39 is 16.0 Å². The summed E-state index contributed by atoms with van der Waals surface area (Å²) in [6.45, 7) is 1.72. The lowest BCUT2D eigenvalue weighted by atomic mass is 10.2. The molecule has 0 fully saturated rings. The molecule has 2 N–H and O–H groups in total. The van der Waals surface area contributed by atoms with Crippen LogP contribution in [0.5, 0.6) is 0 Å². The average Bonchev–Trinajstić information content (AvgIpc) is 2.27. The first-order chi connectivity index (χ1) is 8.34. The van der Waals surface area contributed by atoms with Crippen LogP contribution < -0.4 is 4.72 Å². The number of benzene rings is 1. The molecule has 0 aromatic heterocycles. The van der Waals surface area contributed by atoms with Crippen molar-refractivity contribution >= 4 is 33.3 Å². The lowest BCUT2D eigenvalue weighted by Gasteiger charge is -2.11. The van der Waals surface area contributed by atoms with E-state index in [1.807, 2.05) is 0 Å². The average molecular weight is 292 g/mol. The molecule has 1 atom stereocenters. The number of anilines is 1. The van der Waals surface area contributed by atoms with E-state index in [9.17, 15) is 13.2 Å². The predicted molar refractivity (Wildman–Crippen MR) is 70.7 cm³/mol. The maximum atomic E-state index is 11.7. The summed E-state index contributed by atoms with van der Waals surface area (Å²) in [6, 6.07) is 5.63. The third-order valence-electron chi connectivity index (χ3n) is 2.15. The summed E-state index contributed by atoms with van der Waals surface area (Å²) in [5, 5.41) is 8.80. The summed E-state index contributed by atoms with van der Waals surface area (Å²) in [5.74, 6) is -1.14. The maximum absolute atomic E-state index is 11.7. The van der Waals surface area contributed by atoms with E-state index in [1.54, 1.807) is 6.92 Å². The molecule has 0 spiro atoms. The van der Waals surface area contributed by atoms with Crippen molar-refractivity contribution in [3.8, 4) is 0 Å². The van der Waals surface area contributed by atoms with Crippen molar-refractivity contribution in [1.82, 2.24) is 0 Å². The standard InChI is InChI=1S/C11H14ClNO4S/c1-8(6-12)7-18(16,17)13-10-4-2-3-9(5-10)11(14)15/h2-5,8,13H,6-7H2,1H3,(H,14,15). The van der Waals surface area contributed by atoms with Crippen LogP contribution in [0.1, 0.15) is 17.3 Å². The molecule has 0 radical (unpaired) electrons. The minimum absolute atomic E-state index is 0.0283. The number of aromatic carboxylic acids is 1. The summed E-state index contributed by atoms with van der Waals surface area (Å²) in [6.07, 6.45) is 0. The van der Waals surface area contributed by atoms with Gasteiger partial charge in [-0.05, 0) is 24.1 Å². The van der Waals surface area contributed by atoms with Gasteiger partial charge in [0.15, 0.2) is 0 Å². The molecule has 0 amide bonds. The van der Waals surface area contributed by atoms with Gasteiger partial charge in [0, 0.05) is 11.6 Å².